The number of rotatable bonds is 8. The number of nitrogen functional groups attached to an aromatic ring is 1. The van der Waals surface area contributed by atoms with Gasteiger partial charge in [0.15, 0.2) is 0 Å². The predicted octanol–water partition coefficient (Wildman–Crippen LogP) is 4.56. The summed E-state index contributed by atoms with van der Waals surface area (Å²) in [7, 11) is 0. The van der Waals surface area contributed by atoms with Crippen molar-refractivity contribution in [3.63, 3.8) is 0 Å². The first-order valence-corrected chi connectivity index (χ1v) is 9.57. The molecule has 2 aromatic carbocycles. The van der Waals surface area contributed by atoms with Gasteiger partial charge in [-0.2, -0.15) is 0 Å². The zero-order valence-corrected chi connectivity index (χ0v) is 16.6. The Labute approximate surface area is 170 Å². The SMILES string of the molecule is CCC(C)Oc1cccc(Oc2cccc(CNC(=O)c3cccnc3N)c2)c1. The van der Waals surface area contributed by atoms with E-state index in [0.29, 0.717) is 23.6 Å². The molecule has 6 nitrogen and oxygen atoms in total. The van der Waals surface area contributed by atoms with Crippen LogP contribution in [0.2, 0.25) is 0 Å². The highest BCUT2D eigenvalue weighted by molar-refractivity contribution is 5.98. The van der Waals surface area contributed by atoms with Crippen LogP contribution < -0.4 is 20.5 Å². The van der Waals surface area contributed by atoms with Gasteiger partial charge in [0, 0.05) is 18.8 Å². The second kappa shape index (κ2) is 9.59. The van der Waals surface area contributed by atoms with Gasteiger partial charge in [0.25, 0.3) is 5.91 Å². The van der Waals surface area contributed by atoms with Crippen molar-refractivity contribution in [1.82, 2.24) is 10.3 Å². The Morgan fingerprint density at radius 3 is 2.55 bits per heavy atom. The number of ether oxygens (including phenoxy) is 2. The average Bonchev–Trinajstić information content (AvgIpc) is 2.73. The zero-order chi connectivity index (χ0) is 20.6. The molecule has 3 rings (SSSR count). The first-order chi connectivity index (χ1) is 14.0. The first-order valence-electron chi connectivity index (χ1n) is 9.57. The summed E-state index contributed by atoms with van der Waals surface area (Å²) in [5.74, 6) is 2.08. The molecule has 1 atom stereocenters. The van der Waals surface area contributed by atoms with E-state index in [2.05, 4.69) is 17.2 Å². The molecule has 3 aromatic rings. The monoisotopic (exact) mass is 391 g/mol. The normalized spacial score (nSPS) is 11.5. The number of aromatic nitrogens is 1. The molecule has 6 heteroatoms. The van der Waals surface area contributed by atoms with Crippen molar-refractivity contribution in [3.8, 4) is 17.2 Å². The lowest BCUT2D eigenvalue weighted by molar-refractivity contribution is 0.0951. The van der Waals surface area contributed by atoms with Gasteiger partial charge in [-0.1, -0.05) is 25.1 Å². The van der Waals surface area contributed by atoms with Gasteiger partial charge >= 0.3 is 0 Å². The summed E-state index contributed by atoms with van der Waals surface area (Å²) in [6, 6.07) is 18.4. The van der Waals surface area contributed by atoms with Gasteiger partial charge in [-0.15, -0.1) is 0 Å². The van der Waals surface area contributed by atoms with Crippen molar-refractivity contribution in [2.45, 2.75) is 32.9 Å². The molecule has 0 bridgehead atoms. The van der Waals surface area contributed by atoms with E-state index in [0.717, 1.165) is 17.7 Å². The van der Waals surface area contributed by atoms with Crippen LogP contribution in [0.15, 0.2) is 66.9 Å². The van der Waals surface area contributed by atoms with Gasteiger partial charge in [-0.05, 0) is 55.3 Å². The Morgan fingerprint density at radius 2 is 1.79 bits per heavy atom. The molecule has 1 unspecified atom stereocenters. The number of pyridine rings is 1. The minimum Gasteiger partial charge on any atom is -0.491 e. The Balaban J connectivity index is 1.63. The van der Waals surface area contributed by atoms with Gasteiger partial charge in [-0.3, -0.25) is 4.79 Å². The molecule has 0 aliphatic heterocycles. The molecular weight excluding hydrogens is 366 g/mol. The van der Waals surface area contributed by atoms with Crippen molar-refractivity contribution >= 4 is 11.7 Å². The largest absolute Gasteiger partial charge is 0.491 e. The highest BCUT2D eigenvalue weighted by atomic mass is 16.5. The average molecular weight is 391 g/mol. The minimum atomic E-state index is -0.267. The molecule has 1 aromatic heterocycles. The van der Waals surface area contributed by atoms with Crippen LogP contribution in [0, 0.1) is 0 Å². The van der Waals surface area contributed by atoms with Crippen LogP contribution in [0.3, 0.4) is 0 Å². The molecule has 29 heavy (non-hydrogen) atoms. The molecular formula is C23H25N3O3. The fraction of sp³-hybridized carbons (Fsp3) is 0.217. The van der Waals surface area contributed by atoms with E-state index in [1.165, 1.54) is 0 Å². The van der Waals surface area contributed by atoms with E-state index in [1.54, 1.807) is 18.3 Å². The van der Waals surface area contributed by atoms with Crippen LogP contribution >= 0.6 is 0 Å². The highest BCUT2D eigenvalue weighted by Crippen LogP contribution is 2.26. The zero-order valence-electron chi connectivity index (χ0n) is 16.6. The quantitative estimate of drug-likeness (QED) is 0.588. The highest BCUT2D eigenvalue weighted by Gasteiger charge is 2.10. The molecule has 0 saturated carbocycles. The van der Waals surface area contributed by atoms with Crippen molar-refractivity contribution in [2.75, 3.05) is 5.73 Å². The van der Waals surface area contributed by atoms with Crippen LogP contribution in [0.5, 0.6) is 17.2 Å². The molecule has 0 spiro atoms. The molecule has 3 N–H and O–H groups in total. The van der Waals surface area contributed by atoms with Gasteiger partial charge in [0.2, 0.25) is 0 Å². The number of nitrogens with zero attached hydrogens (tertiary/aromatic N) is 1. The maximum Gasteiger partial charge on any atom is 0.255 e. The topological polar surface area (TPSA) is 86.5 Å². The minimum absolute atomic E-state index is 0.144. The second-order valence-corrected chi connectivity index (χ2v) is 6.68. The lowest BCUT2D eigenvalue weighted by Gasteiger charge is -2.14. The Morgan fingerprint density at radius 1 is 1.07 bits per heavy atom. The number of amides is 1. The molecule has 0 aliphatic carbocycles. The van der Waals surface area contributed by atoms with Crippen molar-refractivity contribution in [2.24, 2.45) is 0 Å². The van der Waals surface area contributed by atoms with Gasteiger partial charge in [-0.25, -0.2) is 4.98 Å². The van der Waals surface area contributed by atoms with E-state index in [-0.39, 0.29) is 17.8 Å². The lowest BCUT2D eigenvalue weighted by atomic mass is 10.2. The van der Waals surface area contributed by atoms with Crippen molar-refractivity contribution < 1.29 is 14.3 Å². The standard InChI is InChI=1S/C23H25N3O3/c1-3-16(2)28-19-9-5-10-20(14-19)29-18-8-4-7-17(13-18)15-26-23(27)21-11-6-12-25-22(21)24/h4-14,16H,3,15H2,1-2H3,(H2,24,25)(H,26,27). The number of hydrogen-bond acceptors (Lipinski definition) is 5. The molecule has 0 saturated heterocycles. The number of nitrogens with one attached hydrogen (secondary N) is 1. The first kappa shape index (κ1) is 20.2. The molecule has 1 amide bonds. The number of hydrogen-bond donors (Lipinski definition) is 2. The van der Waals surface area contributed by atoms with E-state index in [1.807, 2.05) is 55.5 Å². The number of benzene rings is 2. The Hall–Kier alpha value is -3.54. The number of anilines is 1. The van der Waals surface area contributed by atoms with Gasteiger partial charge in [0.05, 0.1) is 11.7 Å². The smallest absolute Gasteiger partial charge is 0.255 e. The van der Waals surface area contributed by atoms with E-state index in [4.69, 9.17) is 15.2 Å². The van der Waals surface area contributed by atoms with Crippen LogP contribution in [-0.2, 0) is 6.54 Å². The molecule has 0 aliphatic rings. The summed E-state index contributed by atoms with van der Waals surface area (Å²) in [4.78, 5) is 16.2. The summed E-state index contributed by atoms with van der Waals surface area (Å²) in [5.41, 5.74) is 7.02. The van der Waals surface area contributed by atoms with Gasteiger partial charge < -0.3 is 20.5 Å². The molecule has 1 heterocycles. The van der Waals surface area contributed by atoms with Crippen molar-refractivity contribution in [1.29, 1.82) is 0 Å². The van der Waals surface area contributed by atoms with E-state index in [9.17, 15) is 4.79 Å². The Bertz CT molecular complexity index is 975. The molecule has 0 radical (unpaired) electrons. The molecule has 150 valence electrons. The van der Waals surface area contributed by atoms with Crippen LogP contribution in [0.1, 0.15) is 36.2 Å². The van der Waals surface area contributed by atoms with E-state index >= 15 is 0 Å². The van der Waals surface area contributed by atoms with Crippen LogP contribution in [0.25, 0.3) is 0 Å². The van der Waals surface area contributed by atoms with Crippen LogP contribution in [0.4, 0.5) is 5.82 Å². The second-order valence-electron chi connectivity index (χ2n) is 6.68. The summed E-state index contributed by atoms with van der Waals surface area (Å²) in [6.07, 6.45) is 2.63. The summed E-state index contributed by atoms with van der Waals surface area (Å²) < 4.78 is 11.8. The third-order valence-corrected chi connectivity index (χ3v) is 4.39. The fourth-order valence-electron chi connectivity index (χ4n) is 2.67. The summed E-state index contributed by atoms with van der Waals surface area (Å²) in [6.45, 7) is 4.46. The fourth-order valence-corrected chi connectivity index (χ4v) is 2.67. The predicted molar refractivity (Wildman–Crippen MR) is 113 cm³/mol. The third-order valence-electron chi connectivity index (χ3n) is 4.39. The van der Waals surface area contributed by atoms with Gasteiger partial charge in [0.1, 0.15) is 23.1 Å². The number of carbonyl (C=O) groups is 1. The van der Waals surface area contributed by atoms with E-state index < -0.39 is 0 Å². The number of nitrogens with two attached hydrogens (primary N) is 1. The van der Waals surface area contributed by atoms with Crippen LogP contribution in [-0.4, -0.2) is 17.0 Å². The maximum atomic E-state index is 12.3. The van der Waals surface area contributed by atoms with Crippen molar-refractivity contribution in [3.05, 3.63) is 78.0 Å². The Kier molecular flexibility index (Phi) is 6.68. The summed E-state index contributed by atoms with van der Waals surface area (Å²) in [5, 5.41) is 2.85. The summed E-state index contributed by atoms with van der Waals surface area (Å²) >= 11 is 0. The number of carbonyl (C=O) groups excluding carboxylic acids is 1. The molecule has 0 fully saturated rings. The maximum absolute atomic E-state index is 12.3. The lowest BCUT2D eigenvalue weighted by Crippen LogP contribution is -2.24. The third kappa shape index (κ3) is 5.72.